The third-order valence-electron chi connectivity index (χ3n) is 4.54. The maximum Gasteiger partial charge on any atom is 0.255 e. The van der Waals surface area contributed by atoms with E-state index in [1.165, 1.54) is 0 Å². The molecular weight excluding hydrogens is 402 g/mol. The molecule has 0 radical (unpaired) electrons. The van der Waals surface area contributed by atoms with Gasteiger partial charge < -0.3 is 15.4 Å². The molecule has 0 aliphatic carbocycles. The van der Waals surface area contributed by atoms with Crippen molar-refractivity contribution in [3.8, 4) is 5.75 Å². The first-order chi connectivity index (χ1) is 14.9. The SMILES string of the molecule is CC(C)(C)NC(=O)c1cc(C(=O)NC(C)(C)C)c2cccnc2c1OCc1ccccc1. The Bertz CT molecular complexity index is 1130. The second-order valence-electron chi connectivity index (χ2n) is 9.88. The van der Waals surface area contributed by atoms with Crippen molar-refractivity contribution in [1.29, 1.82) is 0 Å². The maximum absolute atomic E-state index is 13.2. The minimum atomic E-state index is -0.458. The largest absolute Gasteiger partial charge is 0.486 e. The van der Waals surface area contributed by atoms with Gasteiger partial charge in [-0.15, -0.1) is 0 Å². The molecule has 1 aromatic heterocycles. The summed E-state index contributed by atoms with van der Waals surface area (Å²) in [6, 6.07) is 14.9. The molecular formula is C26H31N3O3. The molecule has 0 saturated heterocycles. The minimum Gasteiger partial charge on any atom is -0.486 e. The number of fused-ring (bicyclic) bond motifs is 1. The van der Waals surface area contributed by atoms with E-state index in [0.717, 1.165) is 5.56 Å². The van der Waals surface area contributed by atoms with Crippen LogP contribution in [0.5, 0.6) is 5.75 Å². The lowest BCUT2D eigenvalue weighted by Crippen LogP contribution is -2.42. The molecule has 0 aliphatic rings. The van der Waals surface area contributed by atoms with Gasteiger partial charge in [-0.25, -0.2) is 0 Å². The number of pyridine rings is 1. The van der Waals surface area contributed by atoms with E-state index < -0.39 is 11.1 Å². The summed E-state index contributed by atoms with van der Waals surface area (Å²) in [5, 5.41) is 6.58. The third-order valence-corrected chi connectivity index (χ3v) is 4.54. The Morgan fingerprint density at radius 2 is 1.44 bits per heavy atom. The lowest BCUT2D eigenvalue weighted by Gasteiger charge is -2.24. The number of amides is 2. The second kappa shape index (κ2) is 8.99. The van der Waals surface area contributed by atoms with Crippen LogP contribution in [0.15, 0.2) is 54.7 Å². The lowest BCUT2D eigenvalue weighted by atomic mass is 9.99. The first-order valence-corrected chi connectivity index (χ1v) is 10.7. The standard InChI is InChI=1S/C26H31N3O3/c1-25(2,3)28-23(30)19-15-20(24(31)29-26(4,5)6)22(21-18(19)13-10-14-27-21)32-16-17-11-8-7-9-12-17/h7-15H,16H2,1-6H3,(H,28,30)(H,29,31). The number of nitrogens with one attached hydrogen (secondary N) is 2. The van der Waals surface area contributed by atoms with Crippen LogP contribution in [0.1, 0.15) is 67.8 Å². The summed E-state index contributed by atoms with van der Waals surface area (Å²) in [5.41, 5.74) is 1.22. The summed E-state index contributed by atoms with van der Waals surface area (Å²) in [7, 11) is 0. The highest BCUT2D eigenvalue weighted by atomic mass is 16.5. The van der Waals surface area contributed by atoms with E-state index in [1.807, 2.05) is 77.9 Å². The van der Waals surface area contributed by atoms with Crippen LogP contribution >= 0.6 is 0 Å². The van der Waals surface area contributed by atoms with E-state index in [2.05, 4.69) is 15.6 Å². The average Bonchev–Trinajstić information content (AvgIpc) is 2.69. The van der Waals surface area contributed by atoms with Gasteiger partial charge in [0.05, 0.1) is 5.56 Å². The summed E-state index contributed by atoms with van der Waals surface area (Å²) in [6.07, 6.45) is 1.63. The topological polar surface area (TPSA) is 80.3 Å². The van der Waals surface area contributed by atoms with E-state index in [0.29, 0.717) is 22.2 Å². The molecule has 0 spiro atoms. The zero-order valence-corrected chi connectivity index (χ0v) is 19.6. The fourth-order valence-corrected chi connectivity index (χ4v) is 3.27. The molecule has 2 aromatic carbocycles. The predicted octanol–water partition coefficient (Wildman–Crippen LogP) is 4.87. The number of hydrogen-bond acceptors (Lipinski definition) is 4. The van der Waals surface area contributed by atoms with Crippen molar-refractivity contribution in [3.63, 3.8) is 0 Å². The van der Waals surface area contributed by atoms with Crippen molar-refractivity contribution < 1.29 is 14.3 Å². The summed E-state index contributed by atoms with van der Waals surface area (Å²) in [6.45, 7) is 11.7. The molecule has 0 atom stereocenters. The average molecular weight is 434 g/mol. The lowest BCUT2D eigenvalue weighted by molar-refractivity contribution is 0.0915. The van der Waals surface area contributed by atoms with Crippen LogP contribution in [0.3, 0.4) is 0 Å². The van der Waals surface area contributed by atoms with Crippen molar-refractivity contribution in [3.05, 3.63) is 71.4 Å². The van der Waals surface area contributed by atoms with E-state index >= 15 is 0 Å². The number of ether oxygens (including phenoxy) is 1. The first-order valence-electron chi connectivity index (χ1n) is 10.7. The third kappa shape index (κ3) is 5.84. The zero-order chi connectivity index (χ0) is 23.5. The van der Waals surface area contributed by atoms with Crippen molar-refractivity contribution >= 4 is 22.7 Å². The van der Waals surface area contributed by atoms with Crippen LogP contribution in [-0.2, 0) is 6.61 Å². The van der Waals surface area contributed by atoms with Crippen molar-refractivity contribution in [1.82, 2.24) is 15.6 Å². The summed E-state index contributed by atoms with van der Waals surface area (Å²) >= 11 is 0. The smallest absolute Gasteiger partial charge is 0.255 e. The number of benzene rings is 2. The number of aromatic nitrogens is 1. The van der Waals surface area contributed by atoms with Gasteiger partial charge in [0.25, 0.3) is 11.8 Å². The van der Waals surface area contributed by atoms with E-state index in [9.17, 15) is 9.59 Å². The van der Waals surface area contributed by atoms with Gasteiger partial charge in [-0.1, -0.05) is 36.4 Å². The molecule has 2 N–H and O–H groups in total. The Balaban J connectivity index is 2.16. The van der Waals surface area contributed by atoms with Crippen LogP contribution in [0.2, 0.25) is 0 Å². The van der Waals surface area contributed by atoms with Gasteiger partial charge in [-0.3, -0.25) is 14.6 Å². The molecule has 3 rings (SSSR count). The van der Waals surface area contributed by atoms with Crippen LogP contribution in [0.4, 0.5) is 0 Å². The summed E-state index contributed by atoms with van der Waals surface area (Å²) < 4.78 is 6.15. The van der Waals surface area contributed by atoms with Crippen LogP contribution in [0.25, 0.3) is 10.9 Å². The van der Waals surface area contributed by atoms with Gasteiger partial charge in [-0.2, -0.15) is 0 Å². The van der Waals surface area contributed by atoms with E-state index in [-0.39, 0.29) is 24.0 Å². The maximum atomic E-state index is 13.2. The van der Waals surface area contributed by atoms with Gasteiger partial charge in [0, 0.05) is 28.2 Å². The van der Waals surface area contributed by atoms with Gasteiger partial charge >= 0.3 is 0 Å². The molecule has 6 nitrogen and oxygen atoms in total. The predicted molar refractivity (Wildman–Crippen MR) is 127 cm³/mol. The highest BCUT2D eigenvalue weighted by Gasteiger charge is 2.26. The quantitative estimate of drug-likeness (QED) is 0.602. The Morgan fingerprint density at radius 1 is 0.844 bits per heavy atom. The van der Waals surface area contributed by atoms with Crippen LogP contribution in [-0.4, -0.2) is 27.9 Å². The number of rotatable bonds is 5. The monoisotopic (exact) mass is 433 g/mol. The number of carbonyl (C=O) groups is 2. The molecule has 1 heterocycles. The number of nitrogens with zero attached hydrogens (tertiary/aromatic N) is 1. The molecule has 32 heavy (non-hydrogen) atoms. The van der Waals surface area contributed by atoms with Crippen molar-refractivity contribution in [2.24, 2.45) is 0 Å². The summed E-state index contributed by atoms with van der Waals surface area (Å²) in [4.78, 5) is 30.8. The molecule has 168 valence electrons. The van der Waals surface area contributed by atoms with Crippen molar-refractivity contribution in [2.75, 3.05) is 0 Å². The van der Waals surface area contributed by atoms with E-state index in [1.54, 1.807) is 18.3 Å². The van der Waals surface area contributed by atoms with Gasteiger partial charge in [0.2, 0.25) is 0 Å². The first kappa shape index (κ1) is 23.3. The molecule has 0 saturated carbocycles. The highest BCUT2D eigenvalue weighted by molar-refractivity contribution is 6.12. The van der Waals surface area contributed by atoms with Gasteiger partial charge in [-0.05, 0) is 59.2 Å². The number of carbonyl (C=O) groups excluding carboxylic acids is 2. The molecule has 2 amide bonds. The fraction of sp³-hybridized carbons (Fsp3) is 0.346. The normalized spacial score (nSPS) is 11.8. The summed E-state index contributed by atoms with van der Waals surface area (Å²) in [5.74, 6) is -0.230. The minimum absolute atomic E-state index is 0.269. The Hall–Kier alpha value is -3.41. The fourth-order valence-electron chi connectivity index (χ4n) is 3.27. The second-order valence-corrected chi connectivity index (χ2v) is 9.88. The van der Waals surface area contributed by atoms with Crippen molar-refractivity contribution in [2.45, 2.75) is 59.2 Å². The molecule has 0 fully saturated rings. The molecule has 6 heteroatoms. The van der Waals surface area contributed by atoms with Gasteiger partial charge in [0.1, 0.15) is 12.1 Å². The molecule has 3 aromatic rings. The Kier molecular flexibility index (Phi) is 6.53. The van der Waals surface area contributed by atoms with E-state index in [4.69, 9.17) is 4.74 Å². The van der Waals surface area contributed by atoms with Gasteiger partial charge in [0.15, 0.2) is 5.75 Å². The highest BCUT2D eigenvalue weighted by Crippen LogP contribution is 2.33. The molecule has 0 unspecified atom stereocenters. The Labute approximate surface area is 189 Å². The van der Waals surface area contributed by atoms with Crippen LogP contribution in [0, 0.1) is 0 Å². The Morgan fingerprint density at radius 3 is 2.03 bits per heavy atom. The zero-order valence-electron chi connectivity index (χ0n) is 19.6. The number of hydrogen-bond donors (Lipinski definition) is 2. The van der Waals surface area contributed by atoms with Crippen LogP contribution < -0.4 is 15.4 Å². The molecule has 0 bridgehead atoms. The molecule has 0 aliphatic heterocycles.